The molecule has 1 aliphatic heterocycles. The molecule has 0 unspecified atom stereocenters. The summed E-state index contributed by atoms with van der Waals surface area (Å²) in [6, 6.07) is 16.9. The van der Waals surface area contributed by atoms with E-state index in [0.717, 1.165) is 18.8 Å². The normalized spacial score (nSPS) is 15.9. The zero-order chi connectivity index (χ0) is 20.6. The third kappa shape index (κ3) is 6.33. The van der Waals surface area contributed by atoms with Crippen molar-refractivity contribution in [2.45, 2.75) is 52.0 Å². The summed E-state index contributed by atoms with van der Waals surface area (Å²) in [7, 11) is 0. The monoisotopic (exact) mass is 394 g/mol. The summed E-state index contributed by atoms with van der Waals surface area (Å²) in [4.78, 5) is 14.9. The number of ether oxygens (including phenoxy) is 1. The van der Waals surface area contributed by atoms with Crippen LogP contribution in [0.4, 0.5) is 0 Å². The molecule has 0 saturated carbocycles. The molecule has 1 fully saturated rings. The van der Waals surface area contributed by atoms with Crippen LogP contribution in [0.2, 0.25) is 0 Å². The van der Waals surface area contributed by atoms with Crippen LogP contribution in [0.5, 0.6) is 5.75 Å². The van der Waals surface area contributed by atoms with E-state index in [4.69, 9.17) is 4.74 Å². The summed E-state index contributed by atoms with van der Waals surface area (Å²) in [6.07, 6.45) is 3.75. The maximum atomic E-state index is 12.4. The van der Waals surface area contributed by atoms with Crippen molar-refractivity contribution in [2.24, 2.45) is 0 Å². The molecule has 1 N–H and O–H groups in total. The standard InChI is InChI=1S/C25H34N2O2/c1-19(2)21-9-11-22(12-10-21)24(27-15-5-4-6-16-27)17-26-25(28)18-29-23-13-7-20(3)8-14-23/h7-14,19,24H,4-6,15-18H2,1-3H3,(H,26,28)/t24-/m0/s1. The Kier molecular flexibility index (Phi) is 7.70. The van der Waals surface area contributed by atoms with Gasteiger partial charge in [0.2, 0.25) is 0 Å². The largest absolute Gasteiger partial charge is 0.484 e. The topological polar surface area (TPSA) is 41.6 Å². The van der Waals surface area contributed by atoms with Crippen molar-refractivity contribution >= 4 is 5.91 Å². The second kappa shape index (κ2) is 10.4. The van der Waals surface area contributed by atoms with E-state index in [0.29, 0.717) is 12.5 Å². The third-order valence-electron chi connectivity index (χ3n) is 5.70. The van der Waals surface area contributed by atoms with Crippen LogP contribution >= 0.6 is 0 Å². The zero-order valence-corrected chi connectivity index (χ0v) is 18.0. The van der Waals surface area contributed by atoms with Crippen molar-refractivity contribution in [2.75, 3.05) is 26.2 Å². The molecular formula is C25H34N2O2. The number of likely N-dealkylation sites (tertiary alicyclic amines) is 1. The molecule has 4 nitrogen and oxygen atoms in total. The van der Waals surface area contributed by atoms with Gasteiger partial charge in [0.15, 0.2) is 6.61 Å². The van der Waals surface area contributed by atoms with Crippen LogP contribution in [-0.4, -0.2) is 37.0 Å². The first kappa shape index (κ1) is 21.4. The molecular weight excluding hydrogens is 360 g/mol. The maximum absolute atomic E-state index is 12.4. The first-order chi connectivity index (χ1) is 14.0. The second-order valence-corrected chi connectivity index (χ2v) is 8.34. The minimum absolute atomic E-state index is 0.0437. The van der Waals surface area contributed by atoms with Gasteiger partial charge in [-0.15, -0.1) is 0 Å². The Balaban J connectivity index is 1.60. The Morgan fingerprint density at radius 3 is 2.21 bits per heavy atom. The predicted octanol–water partition coefficient (Wildman–Crippen LogP) is 4.84. The van der Waals surface area contributed by atoms with Gasteiger partial charge in [0, 0.05) is 6.54 Å². The van der Waals surface area contributed by atoms with Gasteiger partial charge in [-0.2, -0.15) is 0 Å². The number of rotatable bonds is 8. The number of nitrogens with one attached hydrogen (secondary N) is 1. The quantitative estimate of drug-likeness (QED) is 0.696. The second-order valence-electron chi connectivity index (χ2n) is 8.34. The summed E-state index contributed by atoms with van der Waals surface area (Å²) in [5, 5.41) is 3.09. The van der Waals surface area contributed by atoms with E-state index in [1.54, 1.807) is 0 Å². The molecule has 3 rings (SSSR count). The van der Waals surface area contributed by atoms with Crippen LogP contribution < -0.4 is 10.1 Å². The molecule has 1 atom stereocenters. The smallest absolute Gasteiger partial charge is 0.258 e. The first-order valence-electron chi connectivity index (χ1n) is 10.8. The van der Waals surface area contributed by atoms with Crippen molar-refractivity contribution in [3.8, 4) is 5.75 Å². The lowest BCUT2D eigenvalue weighted by Gasteiger charge is -2.35. The lowest BCUT2D eigenvalue weighted by atomic mass is 9.97. The fraction of sp³-hybridized carbons (Fsp3) is 0.480. The van der Waals surface area contributed by atoms with Crippen molar-refractivity contribution in [1.29, 1.82) is 0 Å². The zero-order valence-electron chi connectivity index (χ0n) is 18.0. The molecule has 1 saturated heterocycles. The van der Waals surface area contributed by atoms with E-state index >= 15 is 0 Å². The first-order valence-corrected chi connectivity index (χ1v) is 10.8. The third-order valence-corrected chi connectivity index (χ3v) is 5.70. The van der Waals surface area contributed by atoms with Crippen LogP contribution in [0.15, 0.2) is 48.5 Å². The fourth-order valence-corrected chi connectivity index (χ4v) is 3.84. The average Bonchev–Trinajstić information content (AvgIpc) is 2.74. The predicted molar refractivity (Wildman–Crippen MR) is 118 cm³/mol. The molecule has 2 aromatic carbocycles. The molecule has 29 heavy (non-hydrogen) atoms. The Bertz CT molecular complexity index is 762. The van der Waals surface area contributed by atoms with Gasteiger partial charge < -0.3 is 10.1 Å². The molecule has 1 aliphatic rings. The lowest BCUT2D eigenvalue weighted by Crippen LogP contribution is -2.41. The molecule has 4 heteroatoms. The van der Waals surface area contributed by atoms with Gasteiger partial charge in [-0.3, -0.25) is 9.69 Å². The molecule has 0 aromatic heterocycles. The summed E-state index contributed by atoms with van der Waals surface area (Å²) in [5.41, 5.74) is 3.80. The Labute approximate surface area is 175 Å². The highest BCUT2D eigenvalue weighted by atomic mass is 16.5. The highest BCUT2D eigenvalue weighted by Crippen LogP contribution is 2.26. The Hall–Kier alpha value is -2.33. The Morgan fingerprint density at radius 2 is 1.59 bits per heavy atom. The SMILES string of the molecule is Cc1ccc(OCC(=O)NC[C@@H](c2ccc(C(C)C)cc2)N2CCCCC2)cc1. The van der Waals surface area contributed by atoms with Crippen LogP contribution in [0, 0.1) is 6.92 Å². The number of amides is 1. The summed E-state index contributed by atoms with van der Waals surface area (Å²) < 4.78 is 5.62. The molecule has 0 spiro atoms. The number of piperidine rings is 1. The molecule has 1 heterocycles. The number of nitrogens with zero attached hydrogens (tertiary/aromatic N) is 1. The highest BCUT2D eigenvalue weighted by Gasteiger charge is 2.23. The van der Waals surface area contributed by atoms with E-state index in [-0.39, 0.29) is 18.6 Å². The highest BCUT2D eigenvalue weighted by molar-refractivity contribution is 5.77. The number of carbonyl (C=O) groups is 1. The molecule has 156 valence electrons. The minimum atomic E-state index is -0.0774. The fourth-order valence-electron chi connectivity index (χ4n) is 3.84. The van der Waals surface area contributed by atoms with Gasteiger partial charge in [-0.1, -0.05) is 62.2 Å². The van der Waals surface area contributed by atoms with Crippen molar-refractivity contribution in [1.82, 2.24) is 10.2 Å². The molecule has 2 aromatic rings. The van der Waals surface area contributed by atoms with Crippen molar-refractivity contribution in [3.63, 3.8) is 0 Å². The van der Waals surface area contributed by atoms with E-state index in [1.807, 2.05) is 31.2 Å². The summed E-state index contributed by atoms with van der Waals surface area (Å²) >= 11 is 0. The van der Waals surface area contributed by atoms with Gasteiger partial charge in [-0.25, -0.2) is 0 Å². The van der Waals surface area contributed by atoms with Gasteiger partial charge in [0.05, 0.1) is 6.04 Å². The van der Waals surface area contributed by atoms with E-state index in [9.17, 15) is 4.79 Å². The maximum Gasteiger partial charge on any atom is 0.258 e. The van der Waals surface area contributed by atoms with Crippen LogP contribution in [0.25, 0.3) is 0 Å². The molecule has 0 aliphatic carbocycles. The average molecular weight is 395 g/mol. The lowest BCUT2D eigenvalue weighted by molar-refractivity contribution is -0.123. The van der Waals surface area contributed by atoms with Crippen molar-refractivity contribution < 1.29 is 9.53 Å². The summed E-state index contributed by atoms with van der Waals surface area (Å²) in [5.74, 6) is 1.17. The number of hydrogen-bond acceptors (Lipinski definition) is 3. The van der Waals surface area contributed by atoms with Crippen LogP contribution in [-0.2, 0) is 4.79 Å². The van der Waals surface area contributed by atoms with E-state index < -0.39 is 0 Å². The Morgan fingerprint density at radius 1 is 0.966 bits per heavy atom. The van der Waals surface area contributed by atoms with Gasteiger partial charge in [-0.05, 0) is 62.0 Å². The van der Waals surface area contributed by atoms with Crippen molar-refractivity contribution in [3.05, 3.63) is 65.2 Å². The minimum Gasteiger partial charge on any atom is -0.484 e. The number of hydrogen-bond donors (Lipinski definition) is 1. The number of aryl methyl sites for hydroxylation is 1. The summed E-state index contributed by atoms with van der Waals surface area (Å²) in [6.45, 7) is 9.29. The molecule has 1 amide bonds. The van der Waals surface area contributed by atoms with E-state index in [2.05, 4.69) is 48.3 Å². The number of benzene rings is 2. The van der Waals surface area contributed by atoms with Crippen LogP contribution in [0.3, 0.4) is 0 Å². The molecule has 0 radical (unpaired) electrons. The van der Waals surface area contributed by atoms with Crippen LogP contribution in [0.1, 0.15) is 61.8 Å². The number of carbonyl (C=O) groups excluding carboxylic acids is 1. The van der Waals surface area contributed by atoms with Gasteiger partial charge in [0.1, 0.15) is 5.75 Å². The van der Waals surface area contributed by atoms with Gasteiger partial charge in [0.25, 0.3) is 5.91 Å². The van der Waals surface area contributed by atoms with Gasteiger partial charge >= 0.3 is 0 Å². The molecule has 0 bridgehead atoms. The van der Waals surface area contributed by atoms with E-state index in [1.165, 1.54) is 36.0 Å².